The van der Waals surface area contributed by atoms with Gasteiger partial charge in [0.05, 0.1) is 10.7 Å². The first kappa shape index (κ1) is 25.3. The van der Waals surface area contributed by atoms with Crippen LogP contribution in [0, 0.1) is 0 Å². The molecule has 0 heterocycles. The van der Waals surface area contributed by atoms with Crippen LogP contribution < -0.4 is 16.1 Å². The third kappa shape index (κ3) is 5.84. The second kappa shape index (κ2) is 9.67. The van der Waals surface area contributed by atoms with E-state index in [1.54, 1.807) is 24.3 Å². The summed E-state index contributed by atoms with van der Waals surface area (Å²) < 4.78 is 44.4. The van der Waals surface area contributed by atoms with Gasteiger partial charge in [-0.2, -0.15) is 18.2 Å². The SMILES string of the molecule is CC(=O)O[C@](C)(C(=O)N(O)c1ccc(Sc2ccc(NC(N)=O)cc2)cc1Cl)C(F)(F)F. The van der Waals surface area contributed by atoms with Crippen LogP contribution in [0.5, 0.6) is 0 Å². The molecule has 0 unspecified atom stereocenters. The first-order valence-corrected chi connectivity index (χ1v) is 9.87. The van der Waals surface area contributed by atoms with Crippen molar-refractivity contribution in [1.82, 2.24) is 0 Å². The molecule has 0 aliphatic rings. The minimum atomic E-state index is -5.30. The topological polar surface area (TPSA) is 122 Å². The van der Waals surface area contributed by atoms with Crippen molar-refractivity contribution in [1.29, 1.82) is 0 Å². The number of benzene rings is 2. The third-order valence-corrected chi connectivity index (χ3v) is 5.29. The number of nitrogens with one attached hydrogen (secondary N) is 1. The summed E-state index contributed by atoms with van der Waals surface area (Å²) in [6, 6.07) is 9.70. The van der Waals surface area contributed by atoms with E-state index in [0.717, 1.165) is 11.0 Å². The number of urea groups is 1. The van der Waals surface area contributed by atoms with E-state index in [2.05, 4.69) is 10.1 Å². The summed E-state index contributed by atoms with van der Waals surface area (Å²) in [5, 5.41) is 12.0. The highest BCUT2D eigenvalue weighted by Crippen LogP contribution is 2.39. The zero-order chi connectivity index (χ0) is 24.3. The Balaban J connectivity index is 2.24. The van der Waals surface area contributed by atoms with Gasteiger partial charge in [-0.05, 0) is 49.4 Å². The van der Waals surface area contributed by atoms with Crippen molar-refractivity contribution in [2.75, 3.05) is 10.4 Å². The van der Waals surface area contributed by atoms with Crippen molar-refractivity contribution < 1.29 is 37.5 Å². The van der Waals surface area contributed by atoms with Crippen LogP contribution in [-0.2, 0) is 14.3 Å². The fourth-order valence-corrected chi connectivity index (χ4v) is 3.61. The van der Waals surface area contributed by atoms with E-state index in [1.807, 2.05) is 0 Å². The molecule has 8 nitrogen and oxygen atoms in total. The maximum atomic E-state index is 13.4. The number of anilines is 2. The van der Waals surface area contributed by atoms with Crippen molar-refractivity contribution in [3.8, 4) is 0 Å². The van der Waals surface area contributed by atoms with E-state index in [0.29, 0.717) is 24.4 Å². The first-order chi connectivity index (χ1) is 14.7. The summed E-state index contributed by atoms with van der Waals surface area (Å²) in [7, 11) is 0. The maximum absolute atomic E-state index is 13.4. The Hall–Kier alpha value is -2.96. The summed E-state index contributed by atoms with van der Waals surface area (Å²) in [6.07, 6.45) is -5.30. The van der Waals surface area contributed by atoms with Gasteiger partial charge in [-0.15, -0.1) is 0 Å². The predicted molar refractivity (Wildman–Crippen MR) is 111 cm³/mol. The molecule has 0 saturated heterocycles. The number of carbonyl (C=O) groups excluding carboxylic acids is 3. The lowest BCUT2D eigenvalue weighted by atomic mass is 10.0. The minimum Gasteiger partial charge on any atom is -0.439 e. The zero-order valence-electron chi connectivity index (χ0n) is 16.6. The normalized spacial score (nSPS) is 13.1. The van der Waals surface area contributed by atoms with E-state index in [4.69, 9.17) is 17.3 Å². The molecular formula is C19H17ClF3N3O5S. The van der Waals surface area contributed by atoms with Gasteiger partial charge in [0.25, 0.3) is 5.60 Å². The van der Waals surface area contributed by atoms with Gasteiger partial charge in [0.15, 0.2) is 0 Å². The largest absolute Gasteiger partial charge is 0.439 e. The molecule has 0 fully saturated rings. The van der Waals surface area contributed by atoms with Crippen molar-refractivity contribution in [3.05, 3.63) is 47.5 Å². The average Bonchev–Trinajstić information content (AvgIpc) is 2.66. The number of halogens is 4. The van der Waals surface area contributed by atoms with E-state index < -0.39 is 35.4 Å². The van der Waals surface area contributed by atoms with Crippen LogP contribution in [0.25, 0.3) is 0 Å². The number of alkyl halides is 3. The molecule has 3 amide bonds. The molecule has 0 aliphatic heterocycles. The first-order valence-electron chi connectivity index (χ1n) is 8.68. The number of esters is 1. The quantitative estimate of drug-likeness (QED) is 0.309. The van der Waals surface area contributed by atoms with E-state index in [-0.39, 0.29) is 10.1 Å². The minimum absolute atomic E-state index is 0.231. The van der Waals surface area contributed by atoms with Gasteiger partial charge in [0.1, 0.15) is 0 Å². The smallest absolute Gasteiger partial charge is 0.437 e. The van der Waals surface area contributed by atoms with Gasteiger partial charge in [-0.3, -0.25) is 14.8 Å². The molecule has 172 valence electrons. The Labute approximate surface area is 189 Å². The lowest BCUT2D eigenvalue weighted by Gasteiger charge is -2.32. The van der Waals surface area contributed by atoms with Gasteiger partial charge >= 0.3 is 24.1 Å². The third-order valence-electron chi connectivity index (χ3n) is 3.99. The Morgan fingerprint density at radius 2 is 1.69 bits per heavy atom. The highest BCUT2D eigenvalue weighted by atomic mass is 35.5. The van der Waals surface area contributed by atoms with E-state index >= 15 is 0 Å². The number of amides is 3. The number of carbonyl (C=O) groups is 3. The van der Waals surface area contributed by atoms with Crippen LogP contribution in [0.4, 0.5) is 29.3 Å². The summed E-state index contributed by atoms with van der Waals surface area (Å²) in [5.41, 5.74) is 1.45. The summed E-state index contributed by atoms with van der Waals surface area (Å²) in [4.78, 5) is 35.6. The van der Waals surface area contributed by atoms with Crippen molar-refractivity contribution >= 4 is 52.6 Å². The van der Waals surface area contributed by atoms with Gasteiger partial charge in [-0.25, -0.2) is 4.79 Å². The monoisotopic (exact) mass is 491 g/mol. The number of hydroxylamine groups is 1. The van der Waals surface area contributed by atoms with Gasteiger partial charge in [0, 0.05) is 22.4 Å². The van der Waals surface area contributed by atoms with Crippen LogP contribution >= 0.6 is 23.4 Å². The van der Waals surface area contributed by atoms with Crippen molar-refractivity contribution in [2.24, 2.45) is 5.73 Å². The van der Waals surface area contributed by atoms with Gasteiger partial charge < -0.3 is 15.8 Å². The van der Waals surface area contributed by atoms with Crippen molar-refractivity contribution in [2.45, 2.75) is 35.4 Å². The lowest BCUT2D eigenvalue weighted by Crippen LogP contribution is -2.58. The second-order valence-electron chi connectivity index (χ2n) is 6.47. The summed E-state index contributed by atoms with van der Waals surface area (Å²) >= 11 is 7.28. The molecule has 2 aromatic carbocycles. The van der Waals surface area contributed by atoms with Gasteiger partial charge in [0.2, 0.25) is 0 Å². The molecule has 0 radical (unpaired) electrons. The highest BCUT2D eigenvalue weighted by Gasteiger charge is 2.62. The number of nitrogens with two attached hydrogens (primary N) is 1. The number of primary amides is 1. The Bertz CT molecular complexity index is 1040. The molecule has 0 bridgehead atoms. The number of ether oxygens (including phenoxy) is 1. The molecule has 2 aromatic rings. The van der Waals surface area contributed by atoms with Crippen LogP contribution in [-0.4, -0.2) is 34.9 Å². The van der Waals surface area contributed by atoms with Crippen molar-refractivity contribution in [3.63, 3.8) is 0 Å². The van der Waals surface area contributed by atoms with Crippen LogP contribution in [0.15, 0.2) is 52.3 Å². The lowest BCUT2D eigenvalue weighted by molar-refractivity contribution is -0.255. The Kier molecular flexibility index (Phi) is 7.65. The molecule has 0 spiro atoms. The zero-order valence-corrected chi connectivity index (χ0v) is 18.1. The van der Waals surface area contributed by atoms with Gasteiger partial charge in [-0.1, -0.05) is 23.4 Å². The molecule has 2 rings (SSSR count). The molecule has 32 heavy (non-hydrogen) atoms. The average molecular weight is 492 g/mol. The van der Waals surface area contributed by atoms with Crippen LogP contribution in [0.3, 0.4) is 0 Å². The number of nitrogens with zero attached hydrogens (tertiary/aromatic N) is 1. The van der Waals surface area contributed by atoms with E-state index in [9.17, 15) is 32.8 Å². The molecule has 0 aliphatic carbocycles. The molecule has 4 N–H and O–H groups in total. The molecular weight excluding hydrogens is 475 g/mol. The molecule has 0 saturated carbocycles. The number of hydrogen-bond acceptors (Lipinski definition) is 6. The second-order valence-corrected chi connectivity index (χ2v) is 8.02. The Morgan fingerprint density at radius 3 is 2.16 bits per heavy atom. The highest BCUT2D eigenvalue weighted by molar-refractivity contribution is 7.99. The summed E-state index contributed by atoms with van der Waals surface area (Å²) in [5.74, 6) is -3.30. The number of hydrogen-bond donors (Lipinski definition) is 3. The maximum Gasteiger partial charge on any atom is 0.437 e. The standard InChI is InChI=1S/C19H17ClF3N3O5S/c1-10(27)31-18(2,19(21,22)23)16(28)26(30)15-8-7-13(9-14(15)20)32-12-5-3-11(4-6-12)25-17(24)29/h3-9,30H,1-2H3,(H3,24,25,29)/t18-/m1/s1. The molecule has 0 aromatic heterocycles. The molecule has 13 heteroatoms. The van der Waals surface area contributed by atoms with E-state index in [1.165, 1.54) is 23.9 Å². The fourth-order valence-electron chi connectivity index (χ4n) is 2.43. The number of rotatable bonds is 6. The predicted octanol–water partition coefficient (Wildman–Crippen LogP) is 4.59. The Morgan fingerprint density at radius 1 is 1.12 bits per heavy atom. The summed E-state index contributed by atoms with van der Waals surface area (Å²) in [6.45, 7) is 1.03. The van der Waals surface area contributed by atoms with Crippen LogP contribution in [0.1, 0.15) is 13.8 Å². The molecule has 1 atom stereocenters. The fraction of sp³-hybridized carbons (Fsp3) is 0.211. The van der Waals surface area contributed by atoms with Crippen LogP contribution in [0.2, 0.25) is 5.02 Å².